The highest BCUT2D eigenvalue weighted by Crippen LogP contribution is 2.26. The fourth-order valence-electron chi connectivity index (χ4n) is 3.88. The molecule has 0 aliphatic heterocycles. The number of aryl methyl sites for hydroxylation is 3. The van der Waals surface area contributed by atoms with E-state index in [0.717, 1.165) is 37.2 Å². The molecular formula is C25H33NO3. The maximum Gasteiger partial charge on any atom is 0.261 e. The predicted molar refractivity (Wildman–Crippen MR) is 117 cm³/mol. The van der Waals surface area contributed by atoms with Gasteiger partial charge in [-0.05, 0) is 86.8 Å². The molecule has 1 aliphatic carbocycles. The number of para-hydroxylation sites is 1. The first-order valence-electron chi connectivity index (χ1n) is 11.0. The number of carbonyl (C=O) groups excluding carboxylic acids is 1. The summed E-state index contributed by atoms with van der Waals surface area (Å²) in [5, 5.41) is 3.03. The molecule has 4 nitrogen and oxygen atoms in total. The van der Waals surface area contributed by atoms with Crippen molar-refractivity contribution in [3.8, 4) is 11.5 Å². The van der Waals surface area contributed by atoms with Gasteiger partial charge >= 0.3 is 0 Å². The Morgan fingerprint density at radius 2 is 1.86 bits per heavy atom. The quantitative estimate of drug-likeness (QED) is 0.584. The second kappa shape index (κ2) is 10.9. The van der Waals surface area contributed by atoms with Crippen LogP contribution in [0, 0.1) is 0 Å². The van der Waals surface area contributed by atoms with Gasteiger partial charge in [0.1, 0.15) is 11.5 Å². The number of hydrogen-bond donors (Lipinski definition) is 1. The van der Waals surface area contributed by atoms with Crippen LogP contribution in [0.2, 0.25) is 0 Å². The van der Waals surface area contributed by atoms with Crippen molar-refractivity contribution in [3.05, 3.63) is 59.2 Å². The highest BCUT2D eigenvalue weighted by atomic mass is 16.5. The van der Waals surface area contributed by atoms with Crippen molar-refractivity contribution >= 4 is 5.91 Å². The van der Waals surface area contributed by atoms with E-state index in [1.807, 2.05) is 38.1 Å². The standard InChI is InChI=1S/C25H33NO3/c1-3-23(29-22-16-15-19-10-5-6-12-21(19)18-22)25(27)26-17-9-13-20-11-7-8-14-24(20)28-4-2/h7-8,11,14-16,18,23H,3-6,9-10,12-13,17H2,1-2H3,(H,26,27). The Labute approximate surface area is 174 Å². The SMILES string of the molecule is CCOc1ccccc1CCCNC(=O)C(CC)Oc1ccc2c(c1)CCCC2. The van der Waals surface area contributed by atoms with Crippen LogP contribution >= 0.6 is 0 Å². The molecule has 1 atom stereocenters. The third-order valence-electron chi connectivity index (χ3n) is 5.46. The minimum absolute atomic E-state index is 0.0386. The van der Waals surface area contributed by atoms with Gasteiger partial charge in [0.25, 0.3) is 5.91 Å². The topological polar surface area (TPSA) is 47.6 Å². The average Bonchev–Trinajstić information content (AvgIpc) is 2.76. The van der Waals surface area contributed by atoms with Crippen molar-refractivity contribution < 1.29 is 14.3 Å². The molecule has 0 saturated carbocycles. The Kier molecular flexibility index (Phi) is 7.97. The zero-order valence-electron chi connectivity index (χ0n) is 17.7. The lowest BCUT2D eigenvalue weighted by molar-refractivity contribution is -0.128. The molecule has 0 radical (unpaired) electrons. The number of amides is 1. The molecule has 0 fully saturated rings. The second-order valence-corrected chi connectivity index (χ2v) is 7.59. The molecule has 0 saturated heterocycles. The van der Waals surface area contributed by atoms with Crippen molar-refractivity contribution in [2.45, 2.75) is 64.9 Å². The van der Waals surface area contributed by atoms with Crippen molar-refractivity contribution in [1.29, 1.82) is 0 Å². The van der Waals surface area contributed by atoms with E-state index in [-0.39, 0.29) is 5.91 Å². The highest BCUT2D eigenvalue weighted by Gasteiger charge is 2.19. The van der Waals surface area contributed by atoms with Crippen LogP contribution in [0.25, 0.3) is 0 Å². The van der Waals surface area contributed by atoms with Gasteiger partial charge in [-0.1, -0.05) is 31.2 Å². The van der Waals surface area contributed by atoms with E-state index >= 15 is 0 Å². The second-order valence-electron chi connectivity index (χ2n) is 7.59. The van der Waals surface area contributed by atoms with E-state index in [0.29, 0.717) is 19.6 Å². The molecule has 1 unspecified atom stereocenters. The van der Waals surface area contributed by atoms with E-state index < -0.39 is 6.10 Å². The number of nitrogens with one attached hydrogen (secondary N) is 1. The summed E-state index contributed by atoms with van der Waals surface area (Å²) < 4.78 is 11.7. The van der Waals surface area contributed by atoms with Gasteiger partial charge in [0.2, 0.25) is 0 Å². The first-order valence-corrected chi connectivity index (χ1v) is 11.0. The van der Waals surface area contributed by atoms with E-state index in [2.05, 4.69) is 23.5 Å². The summed E-state index contributed by atoms with van der Waals surface area (Å²) in [4.78, 5) is 12.6. The molecule has 0 aromatic heterocycles. The molecule has 0 heterocycles. The first-order chi connectivity index (χ1) is 14.2. The summed E-state index contributed by atoms with van der Waals surface area (Å²) in [6.07, 6.45) is 6.70. The summed E-state index contributed by atoms with van der Waals surface area (Å²) >= 11 is 0. The first kappa shape index (κ1) is 21.2. The molecule has 29 heavy (non-hydrogen) atoms. The third kappa shape index (κ3) is 5.99. The average molecular weight is 396 g/mol. The van der Waals surface area contributed by atoms with Gasteiger partial charge < -0.3 is 14.8 Å². The maximum absolute atomic E-state index is 12.6. The molecule has 1 amide bonds. The fourth-order valence-corrected chi connectivity index (χ4v) is 3.88. The monoisotopic (exact) mass is 395 g/mol. The van der Waals surface area contributed by atoms with Crippen molar-refractivity contribution in [2.24, 2.45) is 0 Å². The zero-order chi connectivity index (χ0) is 20.5. The van der Waals surface area contributed by atoms with Crippen LogP contribution < -0.4 is 14.8 Å². The van der Waals surface area contributed by atoms with Gasteiger partial charge in [-0.15, -0.1) is 0 Å². The summed E-state index contributed by atoms with van der Waals surface area (Å²) in [7, 11) is 0. The lowest BCUT2D eigenvalue weighted by Crippen LogP contribution is -2.38. The fraction of sp³-hybridized carbons (Fsp3) is 0.480. The maximum atomic E-state index is 12.6. The largest absolute Gasteiger partial charge is 0.494 e. The lowest BCUT2D eigenvalue weighted by atomic mass is 9.92. The molecule has 1 N–H and O–H groups in total. The smallest absolute Gasteiger partial charge is 0.261 e. The number of ether oxygens (including phenoxy) is 2. The van der Waals surface area contributed by atoms with Gasteiger partial charge in [-0.3, -0.25) is 4.79 Å². The van der Waals surface area contributed by atoms with Crippen LogP contribution in [0.5, 0.6) is 11.5 Å². The van der Waals surface area contributed by atoms with E-state index in [4.69, 9.17) is 9.47 Å². The molecule has 4 heteroatoms. The third-order valence-corrected chi connectivity index (χ3v) is 5.46. The Morgan fingerprint density at radius 1 is 1.07 bits per heavy atom. The lowest BCUT2D eigenvalue weighted by Gasteiger charge is -2.20. The summed E-state index contributed by atoms with van der Waals surface area (Å²) in [6.45, 7) is 5.26. The Bertz CT molecular complexity index is 802. The number of hydrogen-bond acceptors (Lipinski definition) is 3. The molecule has 2 aromatic carbocycles. The molecule has 3 rings (SSSR count). The van der Waals surface area contributed by atoms with E-state index in [1.54, 1.807) is 0 Å². The van der Waals surface area contributed by atoms with Gasteiger partial charge in [0, 0.05) is 6.54 Å². The summed E-state index contributed by atoms with van der Waals surface area (Å²) in [6, 6.07) is 14.4. The molecule has 156 valence electrons. The minimum atomic E-state index is -0.452. The summed E-state index contributed by atoms with van der Waals surface area (Å²) in [5.41, 5.74) is 3.98. The van der Waals surface area contributed by atoms with Gasteiger partial charge in [0.05, 0.1) is 6.61 Å². The van der Waals surface area contributed by atoms with Gasteiger partial charge in [-0.25, -0.2) is 0 Å². The molecule has 0 bridgehead atoms. The Balaban J connectivity index is 1.48. The molecule has 1 aliphatic rings. The number of benzene rings is 2. The van der Waals surface area contributed by atoms with Crippen molar-refractivity contribution in [2.75, 3.05) is 13.2 Å². The van der Waals surface area contributed by atoms with Crippen LogP contribution in [0.4, 0.5) is 0 Å². The number of rotatable bonds is 10. The Hall–Kier alpha value is -2.49. The van der Waals surface area contributed by atoms with Crippen LogP contribution in [-0.4, -0.2) is 25.2 Å². The van der Waals surface area contributed by atoms with Gasteiger partial charge in [-0.2, -0.15) is 0 Å². The summed E-state index contributed by atoms with van der Waals surface area (Å²) in [5.74, 6) is 1.70. The molecule has 0 spiro atoms. The van der Waals surface area contributed by atoms with Crippen molar-refractivity contribution in [1.82, 2.24) is 5.32 Å². The Morgan fingerprint density at radius 3 is 2.66 bits per heavy atom. The van der Waals surface area contributed by atoms with Crippen LogP contribution in [0.15, 0.2) is 42.5 Å². The molecule has 2 aromatic rings. The molecular weight excluding hydrogens is 362 g/mol. The zero-order valence-corrected chi connectivity index (χ0v) is 17.7. The number of carbonyl (C=O) groups is 1. The highest BCUT2D eigenvalue weighted by molar-refractivity contribution is 5.81. The normalized spacial score (nSPS) is 14.0. The van der Waals surface area contributed by atoms with E-state index in [9.17, 15) is 4.79 Å². The predicted octanol–water partition coefficient (Wildman–Crippen LogP) is 4.87. The number of fused-ring (bicyclic) bond motifs is 1. The van der Waals surface area contributed by atoms with Crippen LogP contribution in [0.3, 0.4) is 0 Å². The van der Waals surface area contributed by atoms with Crippen LogP contribution in [-0.2, 0) is 24.1 Å². The van der Waals surface area contributed by atoms with Crippen LogP contribution in [0.1, 0.15) is 56.2 Å². The minimum Gasteiger partial charge on any atom is -0.494 e. The van der Waals surface area contributed by atoms with E-state index in [1.165, 1.54) is 29.5 Å². The van der Waals surface area contributed by atoms with Crippen molar-refractivity contribution in [3.63, 3.8) is 0 Å². The van der Waals surface area contributed by atoms with Gasteiger partial charge in [0.15, 0.2) is 6.10 Å².